The lowest BCUT2D eigenvalue weighted by atomic mass is 9.98. The summed E-state index contributed by atoms with van der Waals surface area (Å²) < 4.78 is 13.6. The van der Waals surface area contributed by atoms with Crippen LogP contribution in [0.4, 0.5) is 10.1 Å². The lowest BCUT2D eigenvalue weighted by Crippen LogP contribution is -2.40. The van der Waals surface area contributed by atoms with Crippen LogP contribution in [0.15, 0.2) is 18.2 Å². The fourth-order valence-electron chi connectivity index (χ4n) is 3.12. The first-order chi connectivity index (χ1) is 9.76. The van der Waals surface area contributed by atoms with Crippen molar-refractivity contribution in [1.29, 1.82) is 0 Å². The zero-order valence-corrected chi connectivity index (χ0v) is 12.8. The van der Waals surface area contributed by atoms with Crippen molar-refractivity contribution in [3.63, 3.8) is 0 Å². The molecule has 0 aliphatic carbocycles. The molecule has 0 radical (unpaired) electrons. The number of rotatable bonds is 6. The molecule has 20 heavy (non-hydrogen) atoms. The van der Waals surface area contributed by atoms with Gasteiger partial charge in [0.2, 0.25) is 0 Å². The van der Waals surface area contributed by atoms with Crippen molar-refractivity contribution in [2.45, 2.75) is 58.5 Å². The van der Waals surface area contributed by atoms with Gasteiger partial charge in [0.05, 0.1) is 0 Å². The molecule has 0 aromatic heterocycles. The molecule has 3 heteroatoms. The summed E-state index contributed by atoms with van der Waals surface area (Å²) in [6, 6.07) is 5.87. The second-order valence-corrected chi connectivity index (χ2v) is 5.70. The Morgan fingerprint density at radius 3 is 2.90 bits per heavy atom. The second-order valence-electron chi connectivity index (χ2n) is 5.70. The molecule has 1 aromatic carbocycles. The van der Waals surface area contributed by atoms with E-state index in [0.29, 0.717) is 6.04 Å². The normalized spacial score (nSPS) is 19.4. The van der Waals surface area contributed by atoms with Crippen molar-refractivity contribution in [3.8, 4) is 0 Å². The van der Waals surface area contributed by atoms with Crippen molar-refractivity contribution >= 4 is 5.69 Å². The van der Waals surface area contributed by atoms with Gasteiger partial charge in [-0.2, -0.15) is 0 Å². The smallest absolute Gasteiger partial charge is 0.123 e. The van der Waals surface area contributed by atoms with E-state index < -0.39 is 0 Å². The molecule has 0 saturated carbocycles. The highest BCUT2D eigenvalue weighted by atomic mass is 19.1. The molecule has 2 nitrogen and oxygen atoms in total. The average Bonchev–Trinajstić information content (AvgIpc) is 2.48. The summed E-state index contributed by atoms with van der Waals surface area (Å²) in [5.41, 5.74) is 2.32. The quantitative estimate of drug-likeness (QED) is 0.788. The Balaban J connectivity index is 2.19. The summed E-state index contributed by atoms with van der Waals surface area (Å²) in [7, 11) is 0. The van der Waals surface area contributed by atoms with E-state index in [9.17, 15) is 4.39 Å². The highest BCUT2D eigenvalue weighted by molar-refractivity contribution is 5.55. The van der Waals surface area contributed by atoms with Crippen molar-refractivity contribution in [2.75, 3.05) is 18.0 Å². The van der Waals surface area contributed by atoms with E-state index in [-0.39, 0.29) is 5.82 Å². The third kappa shape index (κ3) is 3.72. The summed E-state index contributed by atoms with van der Waals surface area (Å²) in [5.74, 6) is -0.132. The van der Waals surface area contributed by atoms with E-state index >= 15 is 0 Å². The maximum absolute atomic E-state index is 13.6. The minimum absolute atomic E-state index is 0.132. The molecule has 2 rings (SSSR count). The minimum Gasteiger partial charge on any atom is -0.368 e. The number of piperidine rings is 1. The number of halogens is 1. The molecule has 0 amide bonds. The summed E-state index contributed by atoms with van der Waals surface area (Å²) in [4.78, 5) is 2.49. The second kappa shape index (κ2) is 7.63. The molecule has 1 aliphatic heterocycles. The molecular weight excluding hydrogens is 251 g/mol. The van der Waals surface area contributed by atoms with Crippen molar-refractivity contribution in [3.05, 3.63) is 29.6 Å². The van der Waals surface area contributed by atoms with Crippen LogP contribution in [-0.2, 0) is 6.54 Å². The van der Waals surface area contributed by atoms with Crippen LogP contribution in [0, 0.1) is 5.82 Å². The molecule has 1 atom stereocenters. The highest BCUT2D eigenvalue weighted by Gasteiger charge is 2.23. The Kier molecular flexibility index (Phi) is 5.84. The van der Waals surface area contributed by atoms with Gasteiger partial charge in [0.15, 0.2) is 0 Å². The van der Waals surface area contributed by atoms with Gasteiger partial charge in [0, 0.05) is 24.8 Å². The molecular formula is C17H27FN2. The van der Waals surface area contributed by atoms with E-state index in [1.54, 1.807) is 12.1 Å². The third-order valence-corrected chi connectivity index (χ3v) is 4.19. The van der Waals surface area contributed by atoms with E-state index in [0.717, 1.165) is 31.6 Å². The van der Waals surface area contributed by atoms with Crippen LogP contribution >= 0.6 is 0 Å². The Bertz CT molecular complexity index is 419. The first kappa shape index (κ1) is 15.3. The highest BCUT2D eigenvalue weighted by Crippen LogP contribution is 2.29. The fraction of sp³-hybridized carbons (Fsp3) is 0.647. The fourth-order valence-corrected chi connectivity index (χ4v) is 3.12. The topological polar surface area (TPSA) is 15.3 Å². The number of benzene rings is 1. The van der Waals surface area contributed by atoms with Gasteiger partial charge in [-0.25, -0.2) is 4.39 Å². The monoisotopic (exact) mass is 278 g/mol. The van der Waals surface area contributed by atoms with Gasteiger partial charge in [-0.3, -0.25) is 0 Å². The van der Waals surface area contributed by atoms with Gasteiger partial charge in [0.25, 0.3) is 0 Å². The van der Waals surface area contributed by atoms with Crippen LogP contribution < -0.4 is 10.2 Å². The SMILES string of the molecule is CCCNCc1cc(F)ccc1N1CCCCC1CC. The van der Waals surface area contributed by atoms with Gasteiger partial charge in [-0.05, 0) is 62.4 Å². The summed E-state index contributed by atoms with van der Waals surface area (Å²) in [5, 5.41) is 3.40. The van der Waals surface area contributed by atoms with Gasteiger partial charge in [-0.15, -0.1) is 0 Å². The first-order valence-electron chi connectivity index (χ1n) is 8.02. The van der Waals surface area contributed by atoms with Crippen molar-refractivity contribution in [2.24, 2.45) is 0 Å². The molecule has 112 valence electrons. The standard InChI is InChI=1S/C17H27FN2/c1-3-10-19-13-14-12-15(18)8-9-17(14)20-11-6-5-7-16(20)4-2/h8-9,12,16,19H,3-7,10-11,13H2,1-2H3. The van der Waals surface area contributed by atoms with Crippen LogP contribution in [0.3, 0.4) is 0 Å². The predicted octanol–water partition coefficient (Wildman–Crippen LogP) is 4.09. The number of hydrogen-bond donors (Lipinski definition) is 1. The zero-order chi connectivity index (χ0) is 14.4. The molecule has 1 unspecified atom stereocenters. The Labute approximate surface area is 122 Å². The van der Waals surface area contributed by atoms with E-state index in [4.69, 9.17) is 0 Å². The molecule has 1 heterocycles. The maximum Gasteiger partial charge on any atom is 0.123 e. The average molecular weight is 278 g/mol. The molecule has 1 aromatic rings. The van der Waals surface area contributed by atoms with E-state index in [1.807, 2.05) is 6.07 Å². The predicted molar refractivity (Wildman–Crippen MR) is 83.7 cm³/mol. The van der Waals surface area contributed by atoms with Gasteiger partial charge in [-0.1, -0.05) is 13.8 Å². The van der Waals surface area contributed by atoms with Crippen LogP contribution in [-0.4, -0.2) is 19.1 Å². The van der Waals surface area contributed by atoms with Gasteiger partial charge in [0.1, 0.15) is 5.82 Å². The van der Waals surface area contributed by atoms with Crippen LogP contribution in [0.5, 0.6) is 0 Å². The van der Waals surface area contributed by atoms with Crippen LogP contribution in [0.2, 0.25) is 0 Å². The van der Waals surface area contributed by atoms with Gasteiger partial charge < -0.3 is 10.2 Å². The van der Waals surface area contributed by atoms with E-state index in [1.165, 1.54) is 31.4 Å². The van der Waals surface area contributed by atoms with E-state index in [2.05, 4.69) is 24.1 Å². The molecule has 1 fully saturated rings. The Morgan fingerprint density at radius 2 is 2.15 bits per heavy atom. The zero-order valence-electron chi connectivity index (χ0n) is 12.8. The molecule has 1 aliphatic rings. The number of nitrogens with one attached hydrogen (secondary N) is 1. The minimum atomic E-state index is -0.132. The summed E-state index contributed by atoms with van der Waals surface area (Å²) in [6.07, 6.45) is 6.09. The van der Waals surface area contributed by atoms with Crippen LogP contribution in [0.1, 0.15) is 51.5 Å². The van der Waals surface area contributed by atoms with Crippen molar-refractivity contribution in [1.82, 2.24) is 5.32 Å². The maximum atomic E-state index is 13.6. The largest absolute Gasteiger partial charge is 0.368 e. The van der Waals surface area contributed by atoms with Gasteiger partial charge >= 0.3 is 0 Å². The number of nitrogens with zero attached hydrogens (tertiary/aromatic N) is 1. The Morgan fingerprint density at radius 1 is 1.30 bits per heavy atom. The summed E-state index contributed by atoms with van der Waals surface area (Å²) in [6.45, 7) is 7.24. The first-order valence-corrected chi connectivity index (χ1v) is 8.02. The van der Waals surface area contributed by atoms with Crippen LogP contribution in [0.25, 0.3) is 0 Å². The molecule has 1 N–H and O–H groups in total. The Hall–Kier alpha value is -1.09. The molecule has 0 spiro atoms. The lowest BCUT2D eigenvalue weighted by Gasteiger charge is -2.38. The van der Waals surface area contributed by atoms with Crippen molar-refractivity contribution < 1.29 is 4.39 Å². The lowest BCUT2D eigenvalue weighted by molar-refractivity contribution is 0.448. The molecule has 0 bridgehead atoms. The summed E-state index contributed by atoms with van der Waals surface area (Å²) >= 11 is 0. The molecule has 1 saturated heterocycles. The number of hydrogen-bond acceptors (Lipinski definition) is 2. The number of anilines is 1. The third-order valence-electron chi connectivity index (χ3n) is 4.19.